The van der Waals surface area contributed by atoms with Crippen LogP contribution in [0, 0.1) is 0 Å². The Morgan fingerprint density at radius 1 is 1.62 bits per heavy atom. The standard InChI is InChI=1S/C11H14O2/c1-3-6-13-11-7-9(2)4-5-10(11)8-12/h3,7-8H,1,4-6H2,2H3. The van der Waals surface area contributed by atoms with Crippen molar-refractivity contribution in [2.75, 3.05) is 6.61 Å². The number of rotatable bonds is 4. The predicted octanol–water partition coefficient (Wildman–Crippen LogP) is 2.38. The Balaban J connectivity index is 2.78. The molecule has 0 saturated carbocycles. The van der Waals surface area contributed by atoms with Crippen molar-refractivity contribution in [3.63, 3.8) is 0 Å². The van der Waals surface area contributed by atoms with Gasteiger partial charge in [-0.2, -0.15) is 0 Å². The van der Waals surface area contributed by atoms with Crippen LogP contribution in [-0.4, -0.2) is 12.9 Å². The first kappa shape index (κ1) is 9.78. The first-order chi connectivity index (χ1) is 6.27. The Hall–Kier alpha value is -1.31. The fourth-order valence-electron chi connectivity index (χ4n) is 1.24. The van der Waals surface area contributed by atoms with E-state index in [9.17, 15) is 4.79 Å². The predicted molar refractivity (Wildman–Crippen MR) is 52.2 cm³/mol. The summed E-state index contributed by atoms with van der Waals surface area (Å²) in [6.07, 6.45) is 6.22. The highest BCUT2D eigenvalue weighted by molar-refractivity contribution is 5.75. The molecule has 13 heavy (non-hydrogen) atoms. The summed E-state index contributed by atoms with van der Waals surface area (Å²) in [7, 11) is 0. The van der Waals surface area contributed by atoms with E-state index in [0.717, 1.165) is 24.7 Å². The lowest BCUT2D eigenvalue weighted by atomic mass is 9.99. The van der Waals surface area contributed by atoms with E-state index < -0.39 is 0 Å². The first-order valence-electron chi connectivity index (χ1n) is 4.37. The highest BCUT2D eigenvalue weighted by atomic mass is 16.5. The van der Waals surface area contributed by atoms with Crippen molar-refractivity contribution >= 4 is 6.29 Å². The second-order valence-electron chi connectivity index (χ2n) is 3.10. The molecular formula is C11H14O2. The van der Waals surface area contributed by atoms with E-state index in [-0.39, 0.29) is 0 Å². The third kappa shape index (κ3) is 2.58. The van der Waals surface area contributed by atoms with Gasteiger partial charge in [0, 0.05) is 5.57 Å². The number of carbonyl (C=O) groups excluding carboxylic acids is 1. The van der Waals surface area contributed by atoms with Crippen molar-refractivity contribution < 1.29 is 9.53 Å². The number of ether oxygens (including phenoxy) is 1. The maximum absolute atomic E-state index is 10.6. The maximum atomic E-state index is 10.6. The molecule has 0 aliphatic heterocycles. The van der Waals surface area contributed by atoms with E-state index in [2.05, 4.69) is 6.58 Å². The Morgan fingerprint density at radius 2 is 2.38 bits per heavy atom. The van der Waals surface area contributed by atoms with Crippen molar-refractivity contribution in [2.24, 2.45) is 0 Å². The van der Waals surface area contributed by atoms with Crippen molar-refractivity contribution in [2.45, 2.75) is 19.8 Å². The normalized spacial score (nSPS) is 16.5. The Bertz CT molecular complexity index is 272. The number of allylic oxidation sites excluding steroid dienone is 3. The molecule has 0 unspecified atom stereocenters. The van der Waals surface area contributed by atoms with Crippen molar-refractivity contribution in [3.05, 3.63) is 35.6 Å². The fourth-order valence-corrected chi connectivity index (χ4v) is 1.24. The molecule has 2 nitrogen and oxygen atoms in total. The Morgan fingerprint density at radius 3 is 3.00 bits per heavy atom. The number of hydrogen-bond donors (Lipinski definition) is 0. The van der Waals surface area contributed by atoms with Gasteiger partial charge < -0.3 is 4.74 Å². The lowest BCUT2D eigenvalue weighted by Crippen LogP contribution is -2.02. The van der Waals surface area contributed by atoms with Gasteiger partial charge in [-0.3, -0.25) is 4.79 Å². The van der Waals surface area contributed by atoms with Crippen LogP contribution in [0.3, 0.4) is 0 Å². The molecule has 0 fully saturated rings. The maximum Gasteiger partial charge on any atom is 0.149 e. The van der Waals surface area contributed by atoms with Gasteiger partial charge in [0.2, 0.25) is 0 Å². The summed E-state index contributed by atoms with van der Waals surface area (Å²) in [6, 6.07) is 0. The number of hydrogen-bond acceptors (Lipinski definition) is 2. The summed E-state index contributed by atoms with van der Waals surface area (Å²) in [5, 5.41) is 0. The molecule has 2 heteroatoms. The summed E-state index contributed by atoms with van der Waals surface area (Å²) in [5.41, 5.74) is 2.01. The van der Waals surface area contributed by atoms with E-state index in [0.29, 0.717) is 12.4 Å². The average molecular weight is 178 g/mol. The lowest BCUT2D eigenvalue weighted by molar-refractivity contribution is -0.105. The quantitative estimate of drug-likeness (QED) is 0.488. The monoisotopic (exact) mass is 178 g/mol. The zero-order valence-corrected chi connectivity index (χ0v) is 7.88. The fraction of sp³-hybridized carbons (Fsp3) is 0.364. The lowest BCUT2D eigenvalue weighted by Gasteiger charge is -2.14. The minimum atomic E-state index is 0.455. The van der Waals surface area contributed by atoms with Gasteiger partial charge >= 0.3 is 0 Å². The molecule has 0 bridgehead atoms. The third-order valence-electron chi connectivity index (χ3n) is 1.98. The van der Waals surface area contributed by atoms with E-state index >= 15 is 0 Å². The second kappa shape index (κ2) is 4.65. The highest BCUT2D eigenvalue weighted by Gasteiger charge is 2.11. The van der Waals surface area contributed by atoms with Crippen molar-refractivity contribution in [1.29, 1.82) is 0 Å². The molecule has 0 aromatic carbocycles. The van der Waals surface area contributed by atoms with Gasteiger partial charge in [-0.05, 0) is 25.8 Å². The van der Waals surface area contributed by atoms with Gasteiger partial charge in [0.25, 0.3) is 0 Å². The molecule has 0 aromatic heterocycles. The Kier molecular flexibility index (Phi) is 3.50. The molecule has 1 aliphatic rings. The van der Waals surface area contributed by atoms with Crippen LogP contribution in [0.2, 0.25) is 0 Å². The number of aldehydes is 1. The summed E-state index contributed by atoms with van der Waals surface area (Å²) in [4.78, 5) is 10.6. The molecule has 0 aromatic rings. The van der Waals surface area contributed by atoms with Gasteiger partial charge in [-0.1, -0.05) is 18.2 Å². The summed E-state index contributed by atoms with van der Waals surface area (Å²) >= 11 is 0. The molecule has 0 amide bonds. The molecule has 70 valence electrons. The topological polar surface area (TPSA) is 26.3 Å². The van der Waals surface area contributed by atoms with Gasteiger partial charge in [0.15, 0.2) is 0 Å². The van der Waals surface area contributed by atoms with E-state index in [1.807, 2.05) is 13.0 Å². The van der Waals surface area contributed by atoms with Gasteiger partial charge in [-0.25, -0.2) is 0 Å². The molecule has 0 heterocycles. The molecule has 1 aliphatic carbocycles. The van der Waals surface area contributed by atoms with Crippen LogP contribution in [-0.2, 0) is 9.53 Å². The van der Waals surface area contributed by atoms with Gasteiger partial charge in [-0.15, -0.1) is 0 Å². The van der Waals surface area contributed by atoms with Crippen LogP contribution in [0.4, 0.5) is 0 Å². The van der Waals surface area contributed by atoms with Crippen LogP contribution in [0.25, 0.3) is 0 Å². The SMILES string of the molecule is C=CCOC1=C(C=O)CCC(C)=C1. The van der Waals surface area contributed by atoms with Crippen LogP contribution >= 0.6 is 0 Å². The molecule has 0 radical (unpaired) electrons. The molecule has 0 atom stereocenters. The Labute approximate surface area is 78.6 Å². The van der Waals surface area contributed by atoms with Crippen LogP contribution < -0.4 is 0 Å². The first-order valence-corrected chi connectivity index (χ1v) is 4.37. The van der Waals surface area contributed by atoms with Gasteiger partial charge in [0.1, 0.15) is 18.7 Å². The van der Waals surface area contributed by atoms with E-state index in [1.54, 1.807) is 6.08 Å². The highest BCUT2D eigenvalue weighted by Crippen LogP contribution is 2.22. The molecule has 0 spiro atoms. The third-order valence-corrected chi connectivity index (χ3v) is 1.98. The minimum absolute atomic E-state index is 0.455. The average Bonchev–Trinajstić information content (AvgIpc) is 2.15. The summed E-state index contributed by atoms with van der Waals surface area (Å²) in [5.74, 6) is 0.707. The zero-order valence-electron chi connectivity index (χ0n) is 7.88. The molecule has 1 rings (SSSR count). The summed E-state index contributed by atoms with van der Waals surface area (Å²) < 4.78 is 5.36. The van der Waals surface area contributed by atoms with Crippen molar-refractivity contribution in [3.8, 4) is 0 Å². The van der Waals surface area contributed by atoms with Crippen LogP contribution in [0.5, 0.6) is 0 Å². The smallest absolute Gasteiger partial charge is 0.149 e. The van der Waals surface area contributed by atoms with E-state index in [4.69, 9.17) is 4.74 Å². The van der Waals surface area contributed by atoms with Gasteiger partial charge in [0.05, 0.1) is 0 Å². The molecule has 0 N–H and O–H groups in total. The van der Waals surface area contributed by atoms with Crippen LogP contribution in [0.1, 0.15) is 19.8 Å². The second-order valence-corrected chi connectivity index (χ2v) is 3.10. The molecular weight excluding hydrogens is 164 g/mol. The van der Waals surface area contributed by atoms with E-state index in [1.165, 1.54) is 5.57 Å². The zero-order chi connectivity index (χ0) is 9.68. The largest absolute Gasteiger partial charge is 0.489 e. The van der Waals surface area contributed by atoms with Crippen molar-refractivity contribution in [1.82, 2.24) is 0 Å². The molecule has 0 saturated heterocycles. The van der Waals surface area contributed by atoms with Crippen LogP contribution in [0.15, 0.2) is 35.6 Å². The minimum Gasteiger partial charge on any atom is -0.489 e. The number of carbonyl (C=O) groups is 1. The summed E-state index contributed by atoms with van der Waals surface area (Å²) in [6.45, 7) is 6.05.